The van der Waals surface area contributed by atoms with Gasteiger partial charge in [0.25, 0.3) is 5.89 Å². The molecule has 0 unspecified atom stereocenters. The second-order valence-electron chi connectivity index (χ2n) is 5.51. The van der Waals surface area contributed by atoms with Crippen LogP contribution in [0.1, 0.15) is 25.8 Å². The van der Waals surface area contributed by atoms with Crippen molar-refractivity contribution in [1.82, 2.24) is 20.1 Å². The van der Waals surface area contributed by atoms with Gasteiger partial charge in [0.2, 0.25) is 11.9 Å². The highest BCUT2D eigenvalue weighted by Gasteiger charge is 2.35. The van der Waals surface area contributed by atoms with E-state index < -0.39 is 11.7 Å². The maximum absolute atomic E-state index is 10.4. The molecule has 0 saturated heterocycles. The van der Waals surface area contributed by atoms with Gasteiger partial charge in [-0.3, -0.25) is 4.98 Å². The summed E-state index contributed by atoms with van der Waals surface area (Å²) in [5, 5.41) is 14.3. The third-order valence-corrected chi connectivity index (χ3v) is 3.10. The number of benzene rings is 1. The molecule has 7 nitrogen and oxygen atoms in total. The summed E-state index contributed by atoms with van der Waals surface area (Å²) in [5.74, 6) is 1.06. The van der Waals surface area contributed by atoms with Crippen LogP contribution >= 0.6 is 0 Å². The molecule has 0 bridgehead atoms. The minimum absolute atomic E-state index is 0.169. The van der Waals surface area contributed by atoms with E-state index >= 15 is 0 Å². The van der Waals surface area contributed by atoms with E-state index in [4.69, 9.17) is 9.26 Å². The number of aliphatic hydroxyl groups is 1. The second kappa shape index (κ2) is 6.13. The Labute approximate surface area is 133 Å². The minimum atomic E-state index is -1.22. The first-order chi connectivity index (χ1) is 11.0. The summed E-state index contributed by atoms with van der Waals surface area (Å²) in [6.07, 6.45) is 3.82. The van der Waals surface area contributed by atoms with Crippen molar-refractivity contribution in [2.24, 2.45) is 0 Å². The summed E-state index contributed by atoms with van der Waals surface area (Å²) in [6, 6.07) is 9.15. The van der Waals surface area contributed by atoms with Crippen molar-refractivity contribution >= 4 is 0 Å². The van der Waals surface area contributed by atoms with Crippen molar-refractivity contribution in [1.29, 1.82) is 0 Å². The molecule has 1 N–H and O–H groups in total. The van der Waals surface area contributed by atoms with Crippen LogP contribution in [0.2, 0.25) is 0 Å². The smallest absolute Gasteiger partial charge is 0.271 e. The molecule has 0 spiro atoms. The molecular formula is C16H16N4O3. The van der Waals surface area contributed by atoms with Crippen molar-refractivity contribution in [2.45, 2.75) is 25.6 Å². The first kappa shape index (κ1) is 15.1. The summed E-state index contributed by atoms with van der Waals surface area (Å²) in [7, 11) is 0. The standard InChI is InChI=1S/C16H16N4O3/c1-16(2,21)13(22-11-6-4-3-5-7-11)15-19-14(20-23-15)12-10-17-8-9-18-12/h3-10,13,21H,1-2H3/t13-/m1/s1. The summed E-state index contributed by atoms with van der Waals surface area (Å²) in [6.45, 7) is 3.24. The molecule has 2 heterocycles. The van der Waals surface area contributed by atoms with Gasteiger partial charge >= 0.3 is 0 Å². The molecule has 0 aliphatic heterocycles. The van der Waals surface area contributed by atoms with Gasteiger partial charge < -0.3 is 14.4 Å². The van der Waals surface area contributed by atoms with Gasteiger partial charge in [-0.15, -0.1) is 0 Å². The molecule has 0 amide bonds. The fourth-order valence-electron chi connectivity index (χ4n) is 1.99. The van der Waals surface area contributed by atoms with E-state index in [0.29, 0.717) is 17.3 Å². The first-order valence-electron chi connectivity index (χ1n) is 7.08. The fraction of sp³-hybridized carbons (Fsp3) is 0.250. The number of nitrogens with zero attached hydrogens (tertiary/aromatic N) is 4. The van der Waals surface area contributed by atoms with E-state index in [1.165, 1.54) is 6.20 Å². The number of para-hydroxylation sites is 1. The summed E-state index contributed by atoms with van der Waals surface area (Å²) in [4.78, 5) is 12.4. The number of hydrogen-bond acceptors (Lipinski definition) is 7. The lowest BCUT2D eigenvalue weighted by Crippen LogP contribution is -2.33. The molecule has 0 saturated carbocycles. The molecule has 3 aromatic rings. The normalized spacial score (nSPS) is 12.8. The average molecular weight is 312 g/mol. The van der Waals surface area contributed by atoms with Gasteiger partial charge in [0.05, 0.1) is 6.20 Å². The number of hydrogen-bond donors (Lipinski definition) is 1. The second-order valence-corrected chi connectivity index (χ2v) is 5.51. The van der Waals surface area contributed by atoms with E-state index in [1.54, 1.807) is 38.4 Å². The van der Waals surface area contributed by atoms with E-state index in [-0.39, 0.29) is 5.89 Å². The number of ether oxygens (including phenoxy) is 1. The third kappa shape index (κ3) is 3.51. The van der Waals surface area contributed by atoms with Crippen LogP contribution in [0.3, 0.4) is 0 Å². The van der Waals surface area contributed by atoms with Crippen molar-refractivity contribution in [3.63, 3.8) is 0 Å². The van der Waals surface area contributed by atoms with E-state index in [1.807, 2.05) is 18.2 Å². The Hall–Kier alpha value is -2.80. The van der Waals surface area contributed by atoms with E-state index in [9.17, 15) is 5.11 Å². The Morgan fingerprint density at radius 1 is 1.17 bits per heavy atom. The van der Waals surface area contributed by atoms with Crippen molar-refractivity contribution in [3.05, 3.63) is 54.8 Å². The maximum Gasteiger partial charge on any atom is 0.271 e. The van der Waals surface area contributed by atoms with Crippen LogP contribution < -0.4 is 4.74 Å². The SMILES string of the molecule is CC(C)(O)[C@H](Oc1ccccc1)c1nc(-c2cnccn2)no1. The monoisotopic (exact) mass is 312 g/mol. The third-order valence-electron chi connectivity index (χ3n) is 3.10. The van der Waals surface area contributed by atoms with Crippen LogP contribution in [0.4, 0.5) is 0 Å². The molecule has 0 fully saturated rings. The van der Waals surface area contributed by atoms with Crippen LogP contribution in [-0.4, -0.2) is 30.8 Å². The van der Waals surface area contributed by atoms with Gasteiger partial charge in [0.1, 0.15) is 17.0 Å². The highest BCUT2D eigenvalue weighted by atomic mass is 16.5. The van der Waals surface area contributed by atoms with Crippen molar-refractivity contribution in [2.75, 3.05) is 0 Å². The van der Waals surface area contributed by atoms with Gasteiger partial charge in [-0.2, -0.15) is 4.98 Å². The zero-order valence-corrected chi connectivity index (χ0v) is 12.7. The van der Waals surface area contributed by atoms with Gasteiger partial charge in [-0.25, -0.2) is 4.98 Å². The summed E-state index contributed by atoms with van der Waals surface area (Å²) < 4.78 is 11.1. The van der Waals surface area contributed by atoms with Gasteiger partial charge in [-0.1, -0.05) is 23.4 Å². The molecule has 0 radical (unpaired) electrons. The van der Waals surface area contributed by atoms with Crippen LogP contribution in [0, 0.1) is 0 Å². The highest BCUT2D eigenvalue weighted by Crippen LogP contribution is 2.31. The van der Waals surface area contributed by atoms with Gasteiger partial charge in [-0.05, 0) is 26.0 Å². The zero-order chi connectivity index (χ0) is 16.3. The molecule has 1 aromatic carbocycles. The maximum atomic E-state index is 10.4. The van der Waals surface area contributed by atoms with Crippen LogP contribution in [-0.2, 0) is 0 Å². The predicted molar refractivity (Wildman–Crippen MR) is 81.4 cm³/mol. The Balaban J connectivity index is 1.91. The van der Waals surface area contributed by atoms with Crippen LogP contribution in [0.15, 0.2) is 53.4 Å². The van der Waals surface area contributed by atoms with Crippen LogP contribution in [0.5, 0.6) is 5.75 Å². The average Bonchev–Trinajstić information content (AvgIpc) is 3.03. The zero-order valence-electron chi connectivity index (χ0n) is 12.7. The largest absolute Gasteiger partial charge is 0.478 e. The minimum Gasteiger partial charge on any atom is -0.478 e. The number of aromatic nitrogens is 4. The quantitative estimate of drug-likeness (QED) is 0.773. The van der Waals surface area contributed by atoms with E-state index in [0.717, 1.165) is 0 Å². The molecule has 0 aliphatic carbocycles. The van der Waals surface area contributed by atoms with Crippen molar-refractivity contribution < 1.29 is 14.4 Å². The van der Waals surface area contributed by atoms with E-state index in [2.05, 4.69) is 20.1 Å². The Bertz CT molecular complexity index is 754. The predicted octanol–water partition coefficient (Wildman–Crippen LogP) is 2.42. The molecule has 23 heavy (non-hydrogen) atoms. The lowest BCUT2D eigenvalue weighted by molar-refractivity contribution is -0.0495. The molecule has 2 aromatic heterocycles. The molecule has 7 heteroatoms. The fourth-order valence-corrected chi connectivity index (χ4v) is 1.99. The topological polar surface area (TPSA) is 94.2 Å². The molecule has 0 aliphatic rings. The van der Waals surface area contributed by atoms with Crippen molar-refractivity contribution in [3.8, 4) is 17.3 Å². The van der Waals surface area contributed by atoms with Crippen LogP contribution in [0.25, 0.3) is 11.5 Å². The molecule has 1 atom stereocenters. The summed E-state index contributed by atoms with van der Waals surface area (Å²) >= 11 is 0. The lowest BCUT2D eigenvalue weighted by Gasteiger charge is -2.26. The first-order valence-corrected chi connectivity index (χ1v) is 7.08. The molecule has 3 rings (SSSR count). The Kier molecular flexibility index (Phi) is 4.03. The van der Waals surface area contributed by atoms with Gasteiger partial charge in [0.15, 0.2) is 0 Å². The highest BCUT2D eigenvalue weighted by molar-refractivity contribution is 5.45. The molecular weight excluding hydrogens is 296 g/mol. The van der Waals surface area contributed by atoms with Gasteiger partial charge in [0, 0.05) is 12.4 Å². The molecule has 118 valence electrons. The Morgan fingerprint density at radius 3 is 2.61 bits per heavy atom. The lowest BCUT2D eigenvalue weighted by atomic mass is 10.0. The Morgan fingerprint density at radius 2 is 1.96 bits per heavy atom. The number of rotatable bonds is 5. The summed E-state index contributed by atoms with van der Waals surface area (Å²) in [5.41, 5.74) is -0.737.